The van der Waals surface area contributed by atoms with Crippen molar-refractivity contribution in [3.8, 4) is 0 Å². The molecule has 0 bridgehead atoms. The first-order valence-corrected chi connectivity index (χ1v) is 9.14. The normalized spacial score (nSPS) is 13.9. The fourth-order valence-electron chi connectivity index (χ4n) is 3.24. The molecule has 1 aliphatic heterocycles. The summed E-state index contributed by atoms with van der Waals surface area (Å²) in [6.07, 6.45) is 2.96. The fraction of sp³-hybridized carbons (Fsp3) is 0.333. The van der Waals surface area contributed by atoms with E-state index in [4.69, 9.17) is 0 Å². The van der Waals surface area contributed by atoms with Crippen molar-refractivity contribution < 1.29 is 4.79 Å². The largest absolute Gasteiger partial charge is 0.356 e. The topological polar surface area (TPSA) is 56.7 Å². The second kappa shape index (κ2) is 9.04. The molecule has 1 aliphatic rings. The number of carbonyl (C=O) groups is 1. The molecule has 26 heavy (non-hydrogen) atoms. The van der Waals surface area contributed by atoms with Crippen molar-refractivity contribution in [2.75, 3.05) is 31.6 Å². The SMILES string of the molecule is CN=C(NCCc1ccccc1)NCC(=O)N1CCCc2ccccc21. The Balaban J connectivity index is 1.49. The first-order valence-electron chi connectivity index (χ1n) is 9.14. The number of rotatable bonds is 5. The smallest absolute Gasteiger partial charge is 0.246 e. The number of benzene rings is 2. The number of fused-ring (bicyclic) bond motifs is 1. The maximum absolute atomic E-state index is 12.7. The van der Waals surface area contributed by atoms with E-state index < -0.39 is 0 Å². The standard InChI is InChI=1S/C21H26N4O/c1-22-21(23-14-13-17-8-3-2-4-9-17)24-16-20(26)25-15-7-11-18-10-5-6-12-19(18)25/h2-6,8-10,12H,7,11,13-16H2,1H3,(H2,22,23,24). The minimum absolute atomic E-state index is 0.0724. The second-order valence-corrected chi connectivity index (χ2v) is 6.37. The minimum Gasteiger partial charge on any atom is -0.356 e. The van der Waals surface area contributed by atoms with Crippen molar-refractivity contribution in [1.82, 2.24) is 10.6 Å². The molecule has 5 heteroatoms. The number of aryl methyl sites for hydroxylation is 1. The molecule has 0 aliphatic carbocycles. The predicted octanol–water partition coefficient (Wildman–Crippen LogP) is 2.37. The van der Waals surface area contributed by atoms with Crippen LogP contribution in [0.3, 0.4) is 0 Å². The molecule has 0 spiro atoms. The molecule has 2 aromatic rings. The number of nitrogens with zero attached hydrogens (tertiary/aromatic N) is 2. The predicted molar refractivity (Wildman–Crippen MR) is 107 cm³/mol. The fourth-order valence-corrected chi connectivity index (χ4v) is 3.24. The number of nitrogens with one attached hydrogen (secondary N) is 2. The summed E-state index contributed by atoms with van der Waals surface area (Å²) in [4.78, 5) is 18.7. The van der Waals surface area contributed by atoms with Gasteiger partial charge in [-0.15, -0.1) is 0 Å². The van der Waals surface area contributed by atoms with Crippen LogP contribution in [0.25, 0.3) is 0 Å². The molecule has 5 nitrogen and oxygen atoms in total. The third kappa shape index (κ3) is 4.63. The van der Waals surface area contributed by atoms with E-state index in [1.54, 1.807) is 7.05 Å². The van der Waals surface area contributed by atoms with Crippen LogP contribution in [0, 0.1) is 0 Å². The van der Waals surface area contributed by atoms with E-state index in [9.17, 15) is 4.79 Å². The summed E-state index contributed by atoms with van der Waals surface area (Å²) < 4.78 is 0. The minimum atomic E-state index is 0.0724. The molecule has 0 fully saturated rings. The molecular weight excluding hydrogens is 324 g/mol. The van der Waals surface area contributed by atoms with Gasteiger partial charge < -0.3 is 15.5 Å². The zero-order valence-corrected chi connectivity index (χ0v) is 15.2. The van der Waals surface area contributed by atoms with Gasteiger partial charge in [0.1, 0.15) is 0 Å². The number of aliphatic imine (C=N–C) groups is 1. The van der Waals surface area contributed by atoms with Gasteiger partial charge in [0, 0.05) is 25.8 Å². The van der Waals surface area contributed by atoms with Gasteiger partial charge >= 0.3 is 0 Å². The number of guanidine groups is 1. The highest BCUT2D eigenvalue weighted by Crippen LogP contribution is 2.26. The average molecular weight is 350 g/mol. The van der Waals surface area contributed by atoms with Crippen LogP contribution in [0.4, 0.5) is 5.69 Å². The molecular formula is C21H26N4O. The van der Waals surface area contributed by atoms with Gasteiger partial charge in [0.25, 0.3) is 0 Å². The van der Waals surface area contributed by atoms with Crippen LogP contribution in [0.1, 0.15) is 17.5 Å². The summed E-state index contributed by atoms with van der Waals surface area (Å²) >= 11 is 0. The number of amides is 1. The van der Waals surface area contributed by atoms with Crippen LogP contribution in [0.5, 0.6) is 0 Å². The summed E-state index contributed by atoms with van der Waals surface area (Å²) in [5.41, 5.74) is 3.56. The van der Waals surface area contributed by atoms with Crippen LogP contribution in [-0.4, -0.2) is 38.5 Å². The Labute approximate surface area is 155 Å². The molecule has 0 saturated heterocycles. The Morgan fingerprint density at radius 2 is 1.85 bits per heavy atom. The Kier molecular flexibility index (Phi) is 6.25. The van der Waals surface area contributed by atoms with Gasteiger partial charge in [-0.3, -0.25) is 9.79 Å². The second-order valence-electron chi connectivity index (χ2n) is 6.37. The number of para-hydroxylation sites is 1. The van der Waals surface area contributed by atoms with E-state index in [0.717, 1.165) is 38.0 Å². The van der Waals surface area contributed by atoms with Gasteiger partial charge in [0.15, 0.2) is 5.96 Å². The van der Waals surface area contributed by atoms with Crippen molar-refractivity contribution in [1.29, 1.82) is 0 Å². The number of anilines is 1. The van der Waals surface area contributed by atoms with Crippen molar-refractivity contribution in [2.24, 2.45) is 4.99 Å². The lowest BCUT2D eigenvalue weighted by Gasteiger charge is -2.29. The van der Waals surface area contributed by atoms with Crippen LogP contribution < -0.4 is 15.5 Å². The molecule has 0 atom stereocenters. The van der Waals surface area contributed by atoms with Crippen molar-refractivity contribution in [3.63, 3.8) is 0 Å². The Morgan fingerprint density at radius 1 is 1.08 bits per heavy atom. The number of carbonyl (C=O) groups excluding carboxylic acids is 1. The van der Waals surface area contributed by atoms with Gasteiger partial charge in [0.05, 0.1) is 6.54 Å². The third-order valence-corrected chi connectivity index (χ3v) is 4.59. The van der Waals surface area contributed by atoms with Crippen molar-refractivity contribution in [3.05, 3.63) is 65.7 Å². The summed E-state index contributed by atoms with van der Waals surface area (Å²) in [5, 5.41) is 6.39. The van der Waals surface area contributed by atoms with Crippen molar-refractivity contribution in [2.45, 2.75) is 19.3 Å². The summed E-state index contributed by atoms with van der Waals surface area (Å²) in [6.45, 7) is 1.78. The lowest BCUT2D eigenvalue weighted by Crippen LogP contribution is -2.46. The Bertz CT molecular complexity index is 758. The summed E-state index contributed by atoms with van der Waals surface area (Å²) in [7, 11) is 1.72. The average Bonchev–Trinajstić information content (AvgIpc) is 2.70. The summed E-state index contributed by atoms with van der Waals surface area (Å²) in [6, 6.07) is 18.5. The Morgan fingerprint density at radius 3 is 2.65 bits per heavy atom. The monoisotopic (exact) mass is 350 g/mol. The molecule has 2 aromatic carbocycles. The van der Waals surface area contributed by atoms with E-state index in [2.05, 4.69) is 33.8 Å². The van der Waals surface area contributed by atoms with Gasteiger partial charge in [-0.05, 0) is 36.5 Å². The van der Waals surface area contributed by atoms with Crippen LogP contribution in [0.2, 0.25) is 0 Å². The highest BCUT2D eigenvalue weighted by Gasteiger charge is 2.21. The lowest BCUT2D eigenvalue weighted by molar-refractivity contribution is -0.117. The van der Waals surface area contributed by atoms with E-state index in [1.807, 2.05) is 41.3 Å². The summed E-state index contributed by atoms with van der Waals surface area (Å²) in [5.74, 6) is 0.725. The maximum Gasteiger partial charge on any atom is 0.246 e. The zero-order valence-electron chi connectivity index (χ0n) is 15.2. The zero-order chi connectivity index (χ0) is 18.2. The van der Waals surface area contributed by atoms with E-state index in [-0.39, 0.29) is 12.5 Å². The van der Waals surface area contributed by atoms with Gasteiger partial charge in [-0.2, -0.15) is 0 Å². The molecule has 136 valence electrons. The van der Waals surface area contributed by atoms with Gasteiger partial charge in [-0.25, -0.2) is 0 Å². The lowest BCUT2D eigenvalue weighted by atomic mass is 10.0. The molecule has 0 unspecified atom stereocenters. The highest BCUT2D eigenvalue weighted by atomic mass is 16.2. The molecule has 0 saturated carbocycles. The van der Waals surface area contributed by atoms with Gasteiger partial charge in [-0.1, -0.05) is 48.5 Å². The van der Waals surface area contributed by atoms with Crippen LogP contribution in [0.15, 0.2) is 59.6 Å². The number of hydrogen-bond acceptors (Lipinski definition) is 2. The maximum atomic E-state index is 12.7. The van der Waals surface area contributed by atoms with E-state index >= 15 is 0 Å². The Hall–Kier alpha value is -2.82. The molecule has 1 heterocycles. The highest BCUT2D eigenvalue weighted by molar-refractivity contribution is 5.98. The molecule has 0 aromatic heterocycles. The van der Waals surface area contributed by atoms with Crippen LogP contribution >= 0.6 is 0 Å². The third-order valence-electron chi connectivity index (χ3n) is 4.59. The number of hydrogen-bond donors (Lipinski definition) is 2. The van der Waals surface area contributed by atoms with Crippen LogP contribution in [-0.2, 0) is 17.6 Å². The van der Waals surface area contributed by atoms with E-state index in [1.165, 1.54) is 11.1 Å². The molecule has 1 amide bonds. The van der Waals surface area contributed by atoms with Gasteiger partial charge in [0.2, 0.25) is 5.91 Å². The van der Waals surface area contributed by atoms with E-state index in [0.29, 0.717) is 5.96 Å². The van der Waals surface area contributed by atoms with Crippen molar-refractivity contribution >= 4 is 17.6 Å². The molecule has 2 N–H and O–H groups in total. The quantitative estimate of drug-likeness (QED) is 0.643. The first kappa shape index (κ1) is 18.0. The molecule has 3 rings (SSSR count). The molecule has 0 radical (unpaired) electrons. The first-order chi connectivity index (χ1) is 12.8.